The summed E-state index contributed by atoms with van der Waals surface area (Å²) in [7, 11) is 1.69. The molecule has 1 aliphatic heterocycles. The fourth-order valence-electron chi connectivity index (χ4n) is 2.96. The highest BCUT2D eigenvalue weighted by Crippen LogP contribution is 2.18. The number of aliphatic hydroxyl groups excluding tert-OH is 1. The number of β-amino-alcohol motifs (C(OH)–C–C–N with tert-alkyl or cyclic N) is 1. The Hall–Kier alpha value is -0.900. The molecule has 3 N–H and O–H groups in total. The van der Waals surface area contributed by atoms with Gasteiger partial charge in [0, 0.05) is 39.8 Å². The molecule has 2 rings (SSSR count). The molecule has 154 valence electrons. The van der Waals surface area contributed by atoms with Crippen LogP contribution in [0.1, 0.15) is 31.9 Å². The highest BCUT2D eigenvalue weighted by molar-refractivity contribution is 14.0. The van der Waals surface area contributed by atoms with E-state index in [0.29, 0.717) is 25.6 Å². The molecule has 0 saturated heterocycles. The van der Waals surface area contributed by atoms with Crippen LogP contribution in [0.15, 0.2) is 29.3 Å². The van der Waals surface area contributed by atoms with Crippen LogP contribution in [0.25, 0.3) is 0 Å². The molecule has 0 aromatic heterocycles. The van der Waals surface area contributed by atoms with E-state index in [1.807, 2.05) is 20.8 Å². The first kappa shape index (κ1) is 24.1. The number of aliphatic hydroxyl groups is 1. The third-order valence-electron chi connectivity index (χ3n) is 4.70. The van der Waals surface area contributed by atoms with Gasteiger partial charge in [0.25, 0.3) is 0 Å². The molecule has 0 radical (unpaired) electrons. The number of ether oxygens (including phenoxy) is 1. The van der Waals surface area contributed by atoms with Crippen molar-refractivity contribution < 1.29 is 9.84 Å². The largest absolute Gasteiger partial charge is 0.390 e. The van der Waals surface area contributed by atoms with Gasteiger partial charge in [-0.3, -0.25) is 9.89 Å². The summed E-state index contributed by atoms with van der Waals surface area (Å²) < 4.78 is 5.40. The molecule has 0 saturated carbocycles. The first-order valence-corrected chi connectivity index (χ1v) is 9.48. The lowest BCUT2D eigenvalue weighted by Gasteiger charge is -2.30. The third-order valence-corrected chi connectivity index (χ3v) is 4.70. The van der Waals surface area contributed by atoms with Crippen molar-refractivity contribution in [1.82, 2.24) is 15.5 Å². The van der Waals surface area contributed by atoms with E-state index >= 15 is 0 Å². The summed E-state index contributed by atoms with van der Waals surface area (Å²) in [6.07, 6.45) is 0.603. The number of hydrogen-bond acceptors (Lipinski definition) is 4. The van der Waals surface area contributed by atoms with Gasteiger partial charge < -0.3 is 20.5 Å². The molecular weight excluding hydrogens is 455 g/mol. The van der Waals surface area contributed by atoms with Crippen LogP contribution < -0.4 is 10.6 Å². The van der Waals surface area contributed by atoms with Gasteiger partial charge in [-0.1, -0.05) is 24.3 Å². The van der Waals surface area contributed by atoms with Crippen molar-refractivity contribution >= 4 is 29.9 Å². The van der Waals surface area contributed by atoms with Gasteiger partial charge in [0.2, 0.25) is 0 Å². The molecule has 0 bridgehead atoms. The molecular formula is C20H35IN4O2. The molecule has 1 atom stereocenters. The lowest BCUT2D eigenvalue weighted by atomic mass is 10.00. The minimum absolute atomic E-state index is 0. The van der Waals surface area contributed by atoms with Crippen LogP contribution in [0.5, 0.6) is 0 Å². The average Bonchev–Trinajstić information content (AvgIpc) is 2.64. The van der Waals surface area contributed by atoms with Crippen LogP contribution >= 0.6 is 24.0 Å². The molecule has 7 heteroatoms. The van der Waals surface area contributed by atoms with Gasteiger partial charge in [0.05, 0.1) is 18.2 Å². The quantitative estimate of drug-likeness (QED) is 0.296. The molecule has 0 fully saturated rings. The maximum atomic E-state index is 10.4. The minimum Gasteiger partial charge on any atom is -0.390 e. The number of halogens is 1. The molecule has 6 nitrogen and oxygen atoms in total. The summed E-state index contributed by atoms with van der Waals surface area (Å²) in [5.74, 6) is 0.709. The molecule has 1 heterocycles. The first-order valence-electron chi connectivity index (χ1n) is 9.48. The fraction of sp³-hybridized carbons (Fsp3) is 0.650. The van der Waals surface area contributed by atoms with Gasteiger partial charge in [-0.15, -0.1) is 24.0 Å². The van der Waals surface area contributed by atoms with Gasteiger partial charge in [0.15, 0.2) is 5.96 Å². The molecule has 27 heavy (non-hydrogen) atoms. The third kappa shape index (κ3) is 8.33. The Morgan fingerprint density at radius 3 is 2.67 bits per heavy atom. The van der Waals surface area contributed by atoms with Crippen molar-refractivity contribution in [3.05, 3.63) is 35.4 Å². The van der Waals surface area contributed by atoms with Crippen LogP contribution in [0.2, 0.25) is 0 Å². The number of fused-ring (bicyclic) bond motifs is 1. The number of aliphatic imine (C=N–C) groups is 1. The topological polar surface area (TPSA) is 69.1 Å². The van der Waals surface area contributed by atoms with Gasteiger partial charge in [-0.05, 0) is 38.3 Å². The fourth-order valence-corrected chi connectivity index (χ4v) is 2.96. The molecule has 1 unspecified atom stereocenters. The highest BCUT2D eigenvalue weighted by atomic mass is 127. The summed E-state index contributed by atoms with van der Waals surface area (Å²) in [6.45, 7) is 10.4. The predicted octanol–water partition coefficient (Wildman–Crippen LogP) is 2.00. The van der Waals surface area contributed by atoms with E-state index in [9.17, 15) is 5.11 Å². The number of nitrogens with one attached hydrogen (secondary N) is 2. The molecule has 1 aliphatic rings. The monoisotopic (exact) mass is 490 g/mol. The smallest absolute Gasteiger partial charge is 0.191 e. The summed E-state index contributed by atoms with van der Waals surface area (Å²) in [5, 5.41) is 16.9. The van der Waals surface area contributed by atoms with Crippen LogP contribution in [0.3, 0.4) is 0 Å². The summed E-state index contributed by atoms with van der Waals surface area (Å²) in [4.78, 5) is 6.86. The Morgan fingerprint density at radius 1 is 1.30 bits per heavy atom. The van der Waals surface area contributed by atoms with E-state index in [1.165, 1.54) is 11.1 Å². The van der Waals surface area contributed by atoms with E-state index in [4.69, 9.17) is 4.74 Å². The number of rotatable bonds is 8. The van der Waals surface area contributed by atoms with Gasteiger partial charge in [0.1, 0.15) is 0 Å². The van der Waals surface area contributed by atoms with E-state index in [-0.39, 0.29) is 29.6 Å². The molecule has 1 aromatic carbocycles. The second-order valence-corrected chi connectivity index (χ2v) is 7.45. The van der Waals surface area contributed by atoms with E-state index < -0.39 is 6.10 Å². The minimum atomic E-state index is -0.445. The van der Waals surface area contributed by atoms with Crippen molar-refractivity contribution in [3.63, 3.8) is 0 Å². The first-order chi connectivity index (χ1) is 12.4. The maximum absolute atomic E-state index is 10.4. The van der Waals surface area contributed by atoms with Crippen LogP contribution in [0.4, 0.5) is 0 Å². The molecule has 0 aliphatic carbocycles. The van der Waals surface area contributed by atoms with Crippen LogP contribution in [-0.4, -0.2) is 67.5 Å². The number of benzene rings is 1. The van der Waals surface area contributed by atoms with E-state index in [0.717, 1.165) is 26.1 Å². The normalized spacial score (nSPS) is 16.3. The highest BCUT2D eigenvalue weighted by Gasteiger charge is 2.19. The number of nitrogens with zero attached hydrogens (tertiary/aromatic N) is 2. The Bertz CT molecular complexity index is 595. The number of methoxy groups -OCH3 is 1. The van der Waals surface area contributed by atoms with Crippen molar-refractivity contribution in [3.8, 4) is 0 Å². The lowest BCUT2D eigenvalue weighted by molar-refractivity contribution is 0.0310. The van der Waals surface area contributed by atoms with Crippen molar-refractivity contribution in [2.45, 2.75) is 45.4 Å². The van der Waals surface area contributed by atoms with Crippen LogP contribution in [0, 0.1) is 0 Å². The Morgan fingerprint density at radius 2 is 2.00 bits per heavy atom. The van der Waals surface area contributed by atoms with Gasteiger partial charge in [-0.25, -0.2) is 0 Å². The number of guanidine groups is 1. The lowest BCUT2D eigenvalue weighted by Crippen LogP contribution is -2.45. The summed E-state index contributed by atoms with van der Waals surface area (Å²) >= 11 is 0. The van der Waals surface area contributed by atoms with E-state index in [2.05, 4.69) is 44.8 Å². The van der Waals surface area contributed by atoms with Crippen molar-refractivity contribution in [2.75, 3.05) is 39.8 Å². The summed E-state index contributed by atoms with van der Waals surface area (Å²) in [5.41, 5.74) is 2.50. The maximum Gasteiger partial charge on any atom is 0.191 e. The average molecular weight is 490 g/mol. The zero-order valence-electron chi connectivity index (χ0n) is 17.0. The second-order valence-electron chi connectivity index (χ2n) is 7.45. The standard InChI is InChI=1S/C20H34N4O2.HI/c1-5-21-19(23-15-20(2,3)26-4)22-12-18(25)14-24-11-10-16-8-6-7-9-17(16)13-24;/h6-9,18,25H,5,10-15H2,1-4H3,(H2,21,22,23);1H. The molecule has 0 amide bonds. The molecule has 1 aromatic rings. The molecule has 0 spiro atoms. The van der Waals surface area contributed by atoms with Crippen LogP contribution in [-0.2, 0) is 17.7 Å². The van der Waals surface area contributed by atoms with Gasteiger partial charge in [-0.2, -0.15) is 0 Å². The van der Waals surface area contributed by atoms with Crippen molar-refractivity contribution in [2.24, 2.45) is 4.99 Å². The predicted molar refractivity (Wildman–Crippen MR) is 122 cm³/mol. The Kier molecular flexibility index (Phi) is 10.6. The van der Waals surface area contributed by atoms with E-state index in [1.54, 1.807) is 7.11 Å². The SMILES string of the molecule is CCNC(=NCC(C)(C)OC)NCC(O)CN1CCc2ccccc2C1.I. The van der Waals surface area contributed by atoms with Gasteiger partial charge >= 0.3 is 0 Å². The Labute approximate surface area is 180 Å². The second kappa shape index (κ2) is 11.8. The Balaban J connectivity index is 0.00000364. The summed E-state index contributed by atoms with van der Waals surface area (Å²) in [6, 6.07) is 8.56. The number of hydrogen-bond donors (Lipinski definition) is 3. The zero-order valence-corrected chi connectivity index (χ0v) is 19.3. The van der Waals surface area contributed by atoms with Crippen molar-refractivity contribution in [1.29, 1.82) is 0 Å². The zero-order chi connectivity index (χ0) is 19.0.